The number of piperidine rings is 1. The molecular formula is C25H27N7O2. The summed E-state index contributed by atoms with van der Waals surface area (Å²) < 4.78 is 0. The molecule has 5 rings (SSSR count). The van der Waals surface area contributed by atoms with E-state index in [0.717, 1.165) is 53.2 Å². The number of nitroso groups, excluding NO2 is 1. The van der Waals surface area contributed by atoms with Crippen LogP contribution < -0.4 is 10.3 Å². The minimum absolute atomic E-state index is 0.129. The summed E-state index contributed by atoms with van der Waals surface area (Å²) >= 11 is 0. The zero-order valence-electron chi connectivity index (χ0n) is 18.9. The van der Waals surface area contributed by atoms with Gasteiger partial charge in [0.1, 0.15) is 5.82 Å². The Labute approximate surface area is 197 Å². The van der Waals surface area contributed by atoms with Gasteiger partial charge in [0.2, 0.25) is 0 Å². The van der Waals surface area contributed by atoms with Crippen LogP contribution in [0.5, 0.6) is 0 Å². The highest BCUT2D eigenvalue weighted by atomic mass is 16.3. The van der Waals surface area contributed by atoms with Crippen molar-refractivity contribution in [1.82, 2.24) is 10.3 Å². The summed E-state index contributed by atoms with van der Waals surface area (Å²) in [4.78, 5) is 28.7. The summed E-state index contributed by atoms with van der Waals surface area (Å²) in [7, 11) is 0. The molecule has 0 spiro atoms. The van der Waals surface area contributed by atoms with Gasteiger partial charge in [-0.1, -0.05) is 40.8 Å². The molecule has 3 N–H and O–H groups in total. The molecular weight excluding hydrogens is 430 g/mol. The van der Waals surface area contributed by atoms with Crippen molar-refractivity contribution in [3.05, 3.63) is 75.1 Å². The third kappa shape index (κ3) is 3.48. The quantitative estimate of drug-likeness (QED) is 0.248. The van der Waals surface area contributed by atoms with Crippen molar-refractivity contribution in [2.24, 2.45) is 15.8 Å². The smallest absolute Gasteiger partial charge is 0.275 e. The lowest BCUT2D eigenvalue weighted by Crippen LogP contribution is -2.47. The largest absolute Gasteiger partial charge is 0.357 e. The van der Waals surface area contributed by atoms with Crippen LogP contribution in [0.15, 0.2) is 75.1 Å². The molecule has 9 heteroatoms. The number of hydrogen-bond acceptors (Lipinski definition) is 8. The molecule has 1 aromatic carbocycles. The van der Waals surface area contributed by atoms with Gasteiger partial charge in [-0.2, -0.15) is 10.4 Å². The molecule has 3 aliphatic heterocycles. The van der Waals surface area contributed by atoms with Gasteiger partial charge in [-0.05, 0) is 61.0 Å². The van der Waals surface area contributed by atoms with Crippen molar-refractivity contribution < 1.29 is 4.79 Å². The SMILES string of the molecule is N=CC1(CN=O)CCN(C2=C3CCCC3=C(C(=O)NN=N)C3=CC=Cc4ccccc4N32)CC1. The molecule has 1 amide bonds. The average Bonchev–Trinajstić information content (AvgIpc) is 3.25. The minimum atomic E-state index is -0.482. The predicted octanol–water partition coefficient (Wildman–Crippen LogP) is 4.67. The van der Waals surface area contributed by atoms with Gasteiger partial charge in [0, 0.05) is 24.7 Å². The van der Waals surface area contributed by atoms with Gasteiger partial charge < -0.3 is 10.3 Å². The van der Waals surface area contributed by atoms with Crippen molar-refractivity contribution >= 4 is 23.9 Å². The predicted molar refractivity (Wildman–Crippen MR) is 130 cm³/mol. The first-order chi connectivity index (χ1) is 16.6. The number of fused-ring (bicyclic) bond motifs is 4. The fourth-order valence-electron chi connectivity index (χ4n) is 5.59. The van der Waals surface area contributed by atoms with E-state index in [2.05, 4.69) is 37.8 Å². The molecule has 1 aliphatic carbocycles. The molecule has 0 radical (unpaired) electrons. The maximum atomic E-state index is 13.1. The molecule has 9 nitrogen and oxygen atoms in total. The maximum Gasteiger partial charge on any atom is 0.275 e. The van der Waals surface area contributed by atoms with Gasteiger partial charge in [-0.3, -0.25) is 9.69 Å². The fourth-order valence-corrected chi connectivity index (χ4v) is 5.59. The summed E-state index contributed by atoms with van der Waals surface area (Å²) in [6.45, 7) is 1.52. The summed E-state index contributed by atoms with van der Waals surface area (Å²) in [5.74, 6) is 0.706. The molecule has 4 aliphatic rings. The first kappa shape index (κ1) is 21.9. The van der Waals surface area contributed by atoms with E-state index in [1.54, 1.807) is 0 Å². The number of carbonyl (C=O) groups excluding carboxylic acids is 1. The number of likely N-dealkylation sites (tertiary alicyclic amines) is 1. The van der Waals surface area contributed by atoms with Crippen molar-refractivity contribution in [2.75, 3.05) is 24.5 Å². The Morgan fingerprint density at radius 3 is 2.68 bits per heavy atom. The Kier molecular flexibility index (Phi) is 5.69. The number of anilines is 1. The molecule has 2 fully saturated rings. The molecule has 3 heterocycles. The minimum Gasteiger partial charge on any atom is -0.357 e. The molecule has 1 aromatic rings. The number of hydrogen-bond donors (Lipinski definition) is 3. The second-order valence-electron chi connectivity index (χ2n) is 9.15. The number of para-hydroxylation sites is 1. The van der Waals surface area contributed by atoms with E-state index in [-0.39, 0.29) is 12.5 Å². The molecule has 174 valence electrons. The molecule has 34 heavy (non-hydrogen) atoms. The van der Waals surface area contributed by atoms with Crippen molar-refractivity contribution in [3.63, 3.8) is 0 Å². The lowest BCUT2D eigenvalue weighted by atomic mass is 9.79. The number of nitrogens with zero attached hydrogens (tertiary/aromatic N) is 4. The van der Waals surface area contributed by atoms with Gasteiger partial charge in [-0.15, -0.1) is 0 Å². The number of carbonyl (C=O) groups is 1. The lowest BCUT2D eigenvalue weighted by molar-refractivity contribution is -0.117. The van der Waals surface area contributed by atoms with Crippen molar-refractivity contribution in [2.45, 2.75) is 32.1 Å². The van der Waals surface area contributed by atoms with Gasteiger partial charge in [0.05, 0.1) is 23.5 Å². The topological polar surface area (TPSA) is 125 Å². The molecule has 1 saturated heterocycles. The van der Waals surface area contributed by atoms with Crippen LogP contribution in [0.1, 0.15) is 37.7 Å². The Hall–Kier alpha value is -3.88. The van der Waals surface area contributed by atoms with Gasteiger partial charge in [0.15, 0.2) is 0 Å². The summed E-state index contributed by atoms with van der Waals surface area (Å²) in [5.41, 5.74) is 14.6. The zero-order valence-corrected chi connectivity index (χ0v) is 18.9. The van der Waals surface area contributed by atoms with Crippen LogP contribution in [-0.2, 0) is 4.79 Å². The van der Waals surface area contributed by atoms with Gasteiger partial charge in [0.25, 0.3) is 5.91 Å². The first-order valence-corrected chi connectivity index (χ1v) is 11.6. The Morgan fingerprint density at radius 2 is 1.94 bits per heavy atom. The van der Waals surface area contributed by atoms with Gasteiger partial charge >= 0.3 is 0 Å². The molecule has 0 atom stereocenters. The van der Waals surface area contributed by atoms with E-state index in [9.17, 15) is 9.70 Å². The van der Waals surface area contributed by atoms with Crippen LogP contribution in [0.4, 0.5) is 5.69 Å². The molecule has 0 unspecified atom stereocenters. The van der Waals surface area contributed by atoms with Crippen LogP contribution >= 0.6 is 0 Å². The average molecular weight is 458 g/mol. The van der Waals surface area contributed by atoms with Crippen LogP contribution in [0.2, 0.25) is 0 Å². The zero-order chi connectivity index (χ0) is 23.7. The maximum absolute atomic E-state index is 13.1. The summed E-state index contributed by atoms with van der Waals surface area (Å²) in [5, 5.41) is 14.2. The lowest BCUT2D eigenvalue weighted by Gasteiger charge is -2.46. The third-order valence-electron chi connectivity index (χ3n) is 7.33. The first-order valence-electron chi connectivity index (χ1n) is 11.6. The molecule has 0 bridgehead atoms. The number of benzene rings is 1. The highest BCUT2D eigenvalue weighted by Gasteiger charge is 2.42. The Balaban J connectivity index is 1.66. The third-order valence-corrected chi connectivity index (χ3v) is 7.33. The second-order valence-corrected chi connectivity index (χ2v) is 9.15. The standard InChI is InChI=1S/C25H27N7O2/c26-15-25(16-28-34)11-13-31(14-12-25)24-19-8-4-7-18(19)22(23(33)29-30-27)21-10-3-6-17-5-1-2-9-20(17)32(21)24/h1-3,5-6,9-10,15,26H,4,7-8,11-14,16H2,(H2,27,29,33). The van der Waals surface area contributed by atoms with E-state index in [4.69, 9.17) is 10.9 Å². The van der Waals surface area contributed by atoms with Crippen molar-refractivity contribution in [3.8, 4) is 0 Å². The molecule has 0 aromatic heterocycles. The second kappa shape index (κ2) is 8.81. The normalized spacial score (nSPS) is 20.6. The monoisotopic (exact) mass is 457 g/mol. The number of allylic oxidation sites excluding steroid dienone is 4. The van der Waals surface area contributed by atoms with Crippen LogP contribution in [0.25, 0.3) is 6.08 Å². The highest BCUT2D eigenvalue weighted by molar-refractivity contribution is 6.02. The fraction of sp³-hybridized carbons (Fsp3) is 0.360. The van der Waals surface area contributed by atoms with E-state index in [1.165, 1.54) is 6.21 Å². The van der Waals surface area contributed by atoms with E-state index >= 15 is 0 Å². The van der Waals surface area contributed by atoms with E-state index in [0.29, 0.717) is 31.5 Å². The summed E-state index contributed by atoms with van der Waals surface area (Å²) in [6.07, 6.45) is 11.3. The number of amides is 1. The van der Waals surface area contributed by atoms with E-state index in [1.807, 2.05) is 30.4 Å². The van der Waals surface area contributed by atoms with E-state index < -0.39 is 5.41 Å². The highest BCUT2D eigenvalue weighted by Crippen LogP contribution is 2.48. The number of nitrogens with one attached hydrogen (secondary N) is 3. The van der Waals surface area contributed by atoms with Crippen LogP contribution in [-0.4, -0.2) is 36.7 Å². The number of rotatable bonds is 6. The summed E-state index contributed by atoms with van der Waals surface area (Å²) in [6, 6.07) is 8.12. The van der Waals surface area contributed by atoms with Gasteiger partial charge in [-0.25, -0.2) is 5.43 Å². The van der Waals surface area contributed by atoms with Crippen LogP contribution in [0.3, 0.4) is 0 Å². The Morgan fingerprint density at radius 1 is 1.18 bits per heavy atom. The Bertz CT molecular complexity index is 1190. The van der Waals surface area contributed by atoms with Crippen LogP contribution in [0, 0.1) is 21.3 Å². The molecule has 1 saturated carbocycles. The van der Waals surface area contributed by atoms with Crippen molar-refractivity contribution in [1.29, 1.82) is 10.9 Å².